The number of nitrogens with one attached hydrogen (secondary N) is 1. The quantitative estimate of drug-likeness (QED) is 0.778. The highest BCUT2D eigenvalue weighted by Gasteiger charge is 2.09. The summed E-state index contributed by atoms with van der Waals surface area (Å²) in [6.45, 7) is 7.79. The van der Waals surface area contributed by atoms with Crippen LogP contribution in [0.15, 0.2) is 6.07 Å². The Morgan fingerprint density at radius 1 is 1.33 bits per heavy atom. The lowest BCUT2D eigenvalue weighted by atomic mass is 9.97. The zero-order valence-corrected chi connectivity index (χ0v) is 9.64. The molecule has 1 rings (SSSR count). The van der Waals surface area contributed by atoms with Crippen molar-refractivity contribution < 1.29 is 9.90 Å². The fourth-order valence-corrected chi connectivity index (χ4v) is 1.60. The van der Waals surface area contributed by atoms with E-state index in [4.69, 9.17) is 0 Å². The zero-order valence-electron chi connectivity index (χ0n) is 9.64. The monoisotopic (exact) mass is 207 g/mol. The molecular weight excluding hydrogens is 190 g/mol. The summed E-state index contributed by atoms with van der Waals surface area (Å²) < 4.78 is 0. The van der Waals surface area contributed by atoms with Gasteiger partial charge < -0.3 is 10.4 Å². The van der Waals surface area contributed by atoms with Gasteiger partial charge in [0.25, 0.3) is 0 Å². The number of carbonyl (C=O) groups excluding carboxylic acids is 1. The highest BCUT2D eigenvalue weighted by Crippen LogP contribution is 2.26. The maximum Gasteiger partial charge on any atom is 0.217 e. The Hall–Kier alpha value is -1.51. The van der Waals surface area contributed by atoms with Crippen LogP contribution >= 0.6 is 0 Å². The average Bonchev–Trinajstić information content (AvgIpc) is 2.14. The fraction of sp³-hybridized carbons (Fsp3) is 0.417. The molecule has 1 aromatic rings. The highest BCUT2D eigenvalue weighted by atomic mass is 16.3. The number of phenolic OH excluding ortho intramolecular Hbond substituents is 1. The molecule has 3 heteroatoms. The van der Waals surface area contributed by atoms with E-state index < -0.39 is 0 Å². The van der Waals surface area contributed by atoms with E-state index in [0.717, 1.165) is 22.3 Å². The van der Waals surface area contributed by atoms with Gasteiger partial charge in [0.15, 0.2) is 0 Å². The number of rotatable bonds is 2. The molecule has 0 spiro atoms. The lowest BCUT2D eigenvalue weighted by molar-refractivity contribution is -0.119. The number of benzene rings is 1. The van der Waals surface area contributed by atoms with Crippen LogP contribution in [0.2, 0.25) is 0 Å². The van der Waals surface area contributed by atoms with Crippen LogP contribution in [0.1, 0.15) is 29.2 Å². The molecule has 0 saturated heterocycles. The zero-order chi connectivity index (χ0) is 11.6. The van der Waals surface area contributed by atoms with E-state index in [-0.39, 0.29) is 5.91 Å². The summed E-state index contributed by atoms with van der Waals surface area (Å²) in [7, 11) is 0. The molecule has 0 radical (unpaired) electrons. The third kappa shape index (κ3) is 2.49. The van der Waals surface area contributed by atoms with Gasteiger partial charge in [-0.1, -0.05) is 0 Å². The molecule has 0 aromatic heterocycles. The minimum Gasteiger partial charge on any atom is -0.508 e. The van der Waals surface area contributed by atoms with Gasteiger partial charge in [-0.3, -0.25) is 4.79 Å². The lowest BCUT2D eigenvalue weighted by Crippen LogP contribution is -2.20. The van der Waals surface area contributed by atoms with Gasteiger partial charge in [-0.25, -0.2) is 0 Å². The van der Waals surface area contributed by atoms with E-state index in [1.807, 2.05) is 20.8 Å². The maximum absolute atomic E-state index is 10.8. The van der Waals surface area contributed by atoms with Gasteiger partial charge in [0.2, 0.25) is 5.91 Å². The van der Waals surface area contributed by atoms with E-state index in [0.29, 0.717) is 12.3 Å². The number of phenols is 1. The molecule has 0 saturated carbocycles. The number of aryl methyl sites for hydroxylation is 1. The molecular formula is C12H17NO2. The molecule has 0 aliphatic carbocycles. The molecule has 82 valence electrons. The van der Waals surface area contributed by atoms with Crippen molar-refractivity contribution in [2.75, 3.05) is 0 Å². The molecule has 0 bridgehead atoms. The van der Waals surface area contributed by atoms with Crippen molar-refractivity contribution in [1.82, 2.24) is 5.32 Å². The second-order valence-corrected chi connectivity index (χ2v) is 3.85. The standard InChI is InChI=1S/C12H17NO2/c1-7-5-12(15)9(3)8(2)11(7)6-13-10(4)14/h5,15H,6H2,1-4H3,(H,13,14). The summed E-state index contributed by atoms with van der Waals surface area (Å²) in [5.74, 6) is 0.274. The van der Waals surface area contributed by atoms with E-state index in [1.54, 1.807) is 6.07 Å². The highest BCUT2D eigenvalue weighted by molar-refractivity contribution is 5.73. The summed E-state index contributed by atoms with van der Waals surface area (Å²) in [5, 5.41) is 12.4. The number of amides is 1. The van der Waals surface area contributed by atoms with Crippen LogP contribution in [0.3, 0.4) is 0 Å². The predicted octanol–water partition coefficient (Wildman–Crippen LogP) is 1.95. The normalized spacial score (nSPS) is 10.1. The molecule has 0 fully saturated rings. The van der Waals surface area contributed by atoms with Gasteiger partial charge in [0.1, 0.15) is 5.75 Å². The summed E-state index contributed by atoms with van der Waals surface area (Å²) in [6.07, 6.45) is 0. The van der Waals surface area contributed by atoms with Gasteiger partial charge in [-0.15, -0.1) is 0 Å². The van der Waals surface area contributed by atoms with Crippen LogP contribution in [-0.4, -0.2) is 11.0 Å². The molecule has 0 heterocycles. The van der Waals surface area contributed by atoms with Gasteiger partial charge in [-0.2, -0.15) is 0 Å². The Morgan fingerprint density at radius 3 is 2.47 bits per heavy atom. The van der Waals surface area contributed by atoms with Gasteiger partial charge in [0, 0.05) is 13.5 Å². The van der Waals surface area contributed by atoms with Crippen molar-refractivity contribution in [1.29, 1.82) is 0 Å². The van der Waals surface area contributed by atoms with E-state index in [2.05, 4.69) is 5.32 Å². The summed E-state index contributed by atoms with van der Waals surface area (Å²) >= 11 is 0. The first-order valence-corrected chi connectivity index (χ1v) is 4.96. The molecule has 3 nitrogen and oxygen atoms in total. The van der Waals surface area contributed by atoms with Gasteiger partial charge in [0.05, 0.1) is 0 Å². The van der Waals surface area contributed by atoms with Crippen molar-refractivity contribution in [2.45, 2.75) is 34.2 Å². The minimum atomic E-state index is -0.0421. The summed E-state index contributed by atoms with van der Waals surface area (Å²) in [6, 6.07) is 1.74. The maximum atomic E-state index is 10.8. The van der Waals surface area contributed by atoms with Crippen LogP contribution < -0.4 is 5.32 Å². The molecule has 0 aliphatic rings. The summed E-state index contributed by atoms with van der Waals surface area (Å²) in [4.78, 5) is 10.8. The second-order valence-electron chi connectivity index (χ2n) is 3.85. The summed E-state index contributed by atoms with van der Waals surface area (Å²) in [5.41, 5.74) is 4.01. The van der Waals surface area contributed by atoms with Crippen molar-refractivity contribution in [3.8, 4) is 5.75 Å². The first-order valence-electron chi connectivity index (χ1n) is 4.96. The first-order chi connectivity index (χ1) is 6.93. The SMILES string of the molecule is CC(=O)NCc1c(C)cc(O)c(C)c1C. The third-order valence-corrected chi connectivity index (χ3v) is 2.74. The molecule has 0 aliphatic heterocycles. The number of hydrogen-bond donors (Lipinski definition) is 2. The Bertz CT molecular complexity index is 397. The fourth-order valence-electron chi connectivity index (χ4n) is 1.60. The van der Waals surface area contributed by atoms with Crippen LogP contribution in [0.25, 0.3) is 0 Å². The minimum absolute atomic E-state index is 0.0421. The van der Waals surface area contributed by atoms with Crippen molar-refractivity contribution in [3.63, 3.8) is 0 Å². The van der Waals surface area contributed by atoms with Crippen molar-refractivity contribution in [3.05, 3.63) is 28.3 Å². The molecule has 2 N–H and O–H groups in total. The average molecular weight is 207 g/mol. The third-order valence-electron chi connectivity index (χ3n) is 2.74. The van der Waals surface area contributed by atoms with E-state index in [9.17, 15) is 9.90 Å². The van der Waals surface area contributed by atoms with Crippen LogP contribution in [0.5, 0.6) is 5.75 Å². The van der Waals surface area contributed by atoms with E-state index in [1.165, 1.54) is 6.92 Å². The Kier molecular flexibility index (Phi) is 3.35. The lowest BCUT2D eigenvalue weighted by Gasteiger charge is -2.14. The first kappa shape index (κ1) is 11.6. The topological polar surface area (TPSA) is 49.3 Å². The largest absolute Gasteiger partial charge is 0.508 e. The number of hydrogen-bond acceptors (Lipinski definition) is 2. The predicted molar refractivity (Wildman–Crippen MR) is 59.8 cm³/mol. The van der Waals surface area contributed by atoms with Crippen LogP contribution in [0, 0.1) is 20.8 Å². The van der Waals surface area contributed by atoms with Crippen LogP contribution in [-0.2, 0) is 11.3 Å². The van der Waals surface area contributed by atoms with Crippen molar-refractivity contribution >= 4 is 5.91 Å². The molecule has 0 atom stereocenters. The number of carbonyl (C=O) groups is 1. The Balaban J connectivity index is 3.07. The van der Waals surface area contributed by atoms with Gasteiger partial charge >= 0.3 is 0 Å². The Morgan fingerprint density at radius 2 is 1.93 bits per heavy atom. The smallest absolute Gasteiger partial charge is 0.217 e. The Labute approximate surface area is 90.1 Å². The van der Waals surface area contributed by atoms with Gasteiger partial charge in [-0.05, 0) is 49.1 Å². The second kappa shape index (κ2) is 4.34. The van der Waals surface area contributed by atoms with E-state index >= 15 is 0 Å². The van der Waals surface area contributed by atoms with Crippen LogP contribution in [0.4, 0.5) is 0 Å². The molecule has 15 heavy (non-hydrogen) atoms. The molecule has 1 aromatic carbocycles. The number of aromatic hydroxyl groups is 1. The molecule has 0 unspecified atom stereocenters. The molecule has 1 amide bonds. The van der Waals surface area contributed by atoms with Crippen molar-refractivity contribution in [2.24, 2.45) is 0 Å².